The number of halogens is 1. The fraction of sp³-hybridized carbons (Fsp3) is 0.500. The van der Waals surface area contributed by atoms with E-state index in [1.807, 2.05) is 69.0 Å². The van der Waals surface area contributed by atoms with Crippen LogP contribution in [0.2, 0.25) is 5.02 Å². The first-order chi connectivity index (χ1) is 15.3. The van der Waals surface area contributed by atoms with Gasteiger partial charge in [0.25, 0.3) is 0 Å². The molecule has 8 heteroatoms. The Labute approximate surface area is 195 Å². The average molecular weight is 458 g/mol. The molecule has 1 aromatic heterocycles. The van der Waals surface area contributed by atoms with E-state index >= 15 is 0 Å². The number of carbonyl (C=O) groups excluding carboxylic acids is 2. The van der Waals surface area contributed by atoms with Gasteiger partial charge in [-0.25, -0.2) is 0 Å². The SMILES string of the molecule is CC(C)CC(=O)N(CC(=O)N1CCN(c2ccc(-c3ccccc3Cl)nn2)CC1)C(C)C. The molecule has 7 nitrogen and oxygen atoms in total. The molecule has 2 aromatic rings. The monoisotopic (exact) mass is 457 g/mol. The van der Waals surface area contributed by atoms with Crippen molar-refractivity contribution in [3.8, 4) is 11.3 Å². The molecule has 0 unspecified atom stereocenters. The van der Waals surface area contributed by atoms with Gasteiger partial charge in [-0.1, -0.05) is 43.6 Å². The fourth-order valence-electron chi connectivity index (χ4n) is 3.76. The minimum absolute atomic E-state index is 0.00149. The number of aromatic nitrogens is 2. The summed E-state index contributed by atoms with van der Waals surface area (Å²) in [5.74, 6) is 1.09. The summed E-state index contributed by atoms with van der Waals surface area (Å²) in [5, 5.41) is 9.36. The first-order valence-electron chi connectivity index (χ1n) is 11.2. The van der Waals surface area contributed by atoms with Crippen LogP contribution in [-0.2, 0) is 9.59 Å². The second-order valence-corrected chi connectivity index (χ2v) is 9.25. The van der Waals surface area contributed by atoms with Crippen molar-refractivity contribution in [2.45, 2.75) is 40.2 Å². The lowest BCUT2D eigenvalue weighted by atomic mass is 10.1. The number of nitrogens with zero attached hydrogens (tertiary/aromatic N) is 5. The highest BCUT2D eigenvalue weighted by Gasteiger charge is 2.26. The smallest absolute Gasteiger partial charge is 0.242 e. The number of anilines is 1. The minimum Gasteiger partial charge on any atom is -0.352 e. The van der Waals surface area contributed by atoms with Crippen LogP contribution >= 0.6 is 11.6 Å². The number of amides is 2. The molecule has 172 valence electrons. The summed E-state index contributed by atoms with van der Waals surface area (Å²) in [6.07, 6.45) is 0.460. The summed E-state index contributed by atoms with van der Waals surface area (Å²) in [5.41, 5.74) is 1.58. The molecular formula is C24H32ClN5O2. The maximum absolute atomic E-state index is 12.9. The zero-order chi connectivity index (χ0) is 23.3. The lowest BCUT2D eigenvalue weighted by Crippen LogP contribution is -2.53. The van der Waals surface area contributed by atoms with Gasteiger partial charge in [-0.3, -0.25) is 9.59 Å². The Hall–Kier alpha value is -2.67. The third-order valence-corrected chi connectivity index (χ3v) is 5.92. The highest BCUT2D eigenvalue weighted by molar-refractivity contribution is 6.33. The van der Waals surface area contributed by atoms with Crippen LogP contribution in [0, 0.1) is 5.92 Å². The van der Waals surface area contributed by atoms with Crippen LogP contribution < -0.4 is 4.90 Å². The predicted octanol–water partition coefficient (Wildman–Crippen LogP) is 3.73. The summed E-state index contributed by atoms with van der Waals surface area (Å²) in [6, 6.07) is 11.4. The minimum atomic E-state index is -0.00407. The topological polar surface area (TPSA) is 69.6 Å². The molecule has 0 radical (unpaired) electrons. The van der Waals surface area contributed by atoms with Gasteiger partial charge in [-0.2, -0.15) is 0 Å². The van der Waals surface area contributed by atoms with E-state index in [9.17, 15) is 9.59 Å². The molecule has 0 saturated carbocycles. The van der Waals surface area contributed by atoms with E-state index in [1.54, 1.807) is 4.90 Å². The first kappa shape index (κ1) is 24.0. The average Bonchev–Trinajstić information content (AvgIpc) is 2.77. The molecule has 0 N–H and O–H groups in total. The molecule has 1 fully saturated rings. The highest BCUT2D eigenvalue weighted by Crippen LogP contribution is 2.26. The van der Waals surface area contributed by atoms with Crippen molar-refractivity contribution in [1.82, 2.24) is 20.0 Å². The van der Waals surface area contributed by atoms with E-state index in [1.165, 1.54) is 0 Å². The largest absolute Gasteiger partial charge is 0.352 e. The van der Waals surface area contributed by atoms with Crippen molar-refractivity contribution in [2.75, 3.05) is 37.6 Å². The Morgan fingerprint density at radius 1 is 1.00 bits per heavy atom. The lowest BCUT2D eigenvalue weighted by Gasteiger charge is -2.37. The second-order valence-electron chi connectivity index (χ2n) is 8.84. The van der Waals surface area contributed by atoms with E-state index < -0.39 is 0 Å². The Kier molecular flexibility index (Phi) is 8.07. The standard InChI is InChI=1S/C24H32ClN5O2/c1-17(2)15-23(31)30(18(3)4)16-24(32)29-13-11-28(12-14-29)22-10-9-21(26-27-22)19-7-5-6-8-20(19)25/h5-10,17-18H,11-16H2,1-4H3. The maximum Gasteiger partial charge on any atom is 0.242 e. The van der Waals surface area contributed by atoms with Crippen molar-refractivity contribution in [3.63, 3.8) is 0 Å². The Morgan fingerprint density at radius 2 is 1.69 bits per heavy atom. The Bertz CT molecular complexity index is 924. The number of hydrogen-bond acceptors (Lipinski definition) is 5. The number of piperazine rings is 1. The van der Waals surface area contributed by atoms with Crippen molar-refractivity contribution in [1.29, 1.82) is 0 Å². The number of benzene rings is 1. The molecule has 1 saturated heterocycles. The fourth-order valence-corrected chi connectivity index (χ4v) is 3.99. The van der Waals surface area contributed by atoms with Crippen LogP contribution in [0.1, 0.15) is 34.1 Å². The molecule has 2 amide bonds. The molecule has 0 spiro atoms. The van der Waals surface area contributed by atoms with E-state index in [0.717, 1.165) is 17.1 Å². The van der Waals surface area contributed by atoms with Crippen LogP contribution in [0.15, 0.2) is 36.4 Å². The number of hydrogen-bond donors (Lipinski definition) is 0. The summed E-state index contributed by atoms with van der Waals surface area (Å²) < 4.78 is 0. The van der Waals surface area contributed by atoms with Gasteiger partial charge in [0.05, 0.1) is 17.3 Å². The Balaban J connectivity index is 1.57. The van der Waals surface area contributed by atoms with Crippen LogP contribution in [0.5, 0.6) is 0 Å². The number of carbonyl (C=O) groups is 2. The van der Waals surface area contributed by atoms with Gasteiger partial charge in [0.15, 0.2) is 5.82 Å². The van der Waals surface area contributed by atoms with Gasteiger partial charge >= 0.3 is 0 Å². The molecule has 1 aromatic carbocycles. The van der Waals surface area contributed by atoms with Crippen LogP contribution in [0.25, 0.3) is 11.3 Å². The zero-order valence-electron chi connectivity index (χ0n) is 19.3. The highest BCUT2D eigenvalue weighted by atomic mass is 35.5. The van der Waals surface area contributed by atoms with Gasteiger partial charge in [-0.15, -0.1) is 10.2 Å². The van der Waals surface area contributed by atoms with Gasteiger partial charge in [0.1, 0.15) is 0 Å². The van der Waals surface area contributed by atoms with E-state index in [2.05, 4.69) is 15.1 Å². The van der Waals surface area contributed by atoms with Gasteiger partial charge in [0.2, 0.25) is 11.8 Å². The van der Waals surface area contributed by atoms with Crippen LogP contribution in [0.4, 0.5) is 5.82 Å². The van der Waals surface area contributed by atoms with E-state index in [4.69, 9.17) is 11.6 Å². The van der Waals surface area contributed by atoms with E-state index in [0.29, 0.717) is 37.6 Å². The second kappa shape index (κ2) is 10.8. The molecular weight excluding hydrogens is 426 g/mol. The zero-order valence-corrected chi connectivity index (χ0v) is 20.0. The van der Waals surface area contributed by atoms with Crippen molar-refractivity contribution in [3.05, 3.63) is 41.4 Å². The number of rotatable bonds is 7. The van der Waals surface area contributed by atoms with Crippen LogP contribution in [-0.4, -0.2) is 70.6 Å². The van der Waals surface area contributed by atoms with Crippen molar-refractivity contribution in [2.24, 2.45) is 5.92 Å². The molecule has 3 rings (SSSR count). The Morgan fingerprint density at radius 3 is 2.25 bits per heavy atom. The van der Waals surface area contributed by atoms with Crippen molar-refractivity contribution < 1.29 is 9.59 Å². The van der Waals surface area contributed by atoms with Crippen LogP contribution in [0.3, 0.4) is 0 Å². The first-order valence-corrected chi connectivity index (χ1v) is 11.5. The predicted molar refractivity (Wildman–Crippen MR) is 128 cm³/mol. The summed E-state index contributed by atoms with van der Waals surface area (Å²) in [4.78, 5) is 31.0. The normalized spacial score (nSPS) is 14.2. The van der Waals surface area contributed by atoms with Crippen molar-refractivity contribution >= 4 is 29.2 Å². The molecule has 0 bridgehead atoms. The quantitative estimate of drug-likeness (QED) is 0.633. The molecule has 32 heavy (non-hydrogen) atoms. The maximum atomic E-state index is 12.9. The third-order valence-electron chi connectivity index (χ3n) is 5.59. The molecule has 1 aliphatic heterocycles. The van der Waals surface area contributed by atoms with E-state index in [-0.39, 0.29) is 30.3 Å². The molecule has 0 atom stereocenters. The summed E-state index contributed by atoms with van der Waals surface area (Å²) in [7, 11) is 0. The van der Waals surface area contributed by atoms with Gasteiger partial charge in [0, 0.05) is 44.2 Å². The molecule has 0 aliphatic carbocycles. The lowest BCUT2D eigenvalue weighted by molar-refractivity contribution is -0.142. The summed E-state index contributed by atoms with van der Waals surface area (Å²) in [6.45, 7) is 10.6. The van der Waals surface area contributed by atoms with Gasteiger partial charge < -0.3 is 14.7 Å². The van der Waals surface area contributed by atoms with Gasteiger partial charge in [-0.05, 0) is 38.0 Å². The third kappa shape index (κ3) is 5.97. The molecule has 2 heterocycles. The molecule has 1 aliphatic rings. The summed E-state index contributed by atoms with van der Waals surface area (Å²) >= 11 is 6.25.